The highest BCUT2D eigenvalue weighted by molar-refractivity contribution is 5.69. The second-order valence-electron chi connectivity index (χ2n) is 4.92. The van der Waals surface area contributed by atoms with Crippen LogP contribution in [0.3, 0.4) is 0 Å². The van der Waals surface area contributed by atoms with Gasteiger partial charge in [-0.2, -0.15) is 0 Å². The molecule has 0 unspecified atom stereocenters. The third kappa shape index (κ3) is 2.73. The molecule has 0 aliphatic rings. The zero-order valence-electron chi connectivity index (χ0n) is 11.7. The number of aryl methyl sites for hydroxylation is 2. The summed E-state index contributed by atoms with van der Waals surface area (Å²) in [4.78, 5) is 19.4. The molecule has 0 saturated heterocycles. The van der Waals surface area contributed by atoms with E-state index in [2.05, 4.69) is 20.3 Å². The smallest absolute Gasteiger partial charge is 0.309 e. The van der Waals surface area contributed by atoms with E-state index in [0.717, 1.165) is 17.1 Å². The molecule has 8 nitrogen and oxygen atoms in total. The molecule has 3 heterocycles. The highest BCUT2D eigenvalue weighted by Crippen LogP contribution is 2.09. The van der Waals surface area contributed by atoms with Gasteiger partial charge in [0.2, 0.25) is 5.78 Å². The normalized spacial score (nSPS) is 11.1. The van der Waals surface area contributed by atoms with Crippen LogP contribution in [0, 0.1) is 13.8 Å². The van der Waals surface area contributed by atoms with Crippen LogP contribution in [-0.2, 0) is 17.8 Å². The van der Waals surface area contributed by atoms with E-state index < -0.39 is 5.97 Å². The van der Waals surface area contributed by atoms with Crippen LogP contribution >= 0.6 is 0 Å². The first-order valence-corrected chi connectivity index (χ1v) is 6.44. The van der Waals surface area contributed by atoms with Gasteiger partial charge in [-0.25, -0.2) is 14.6 Å². The number of carboxylic acid groups (broad SMARTS) is 1. The van der Waals surface area contributed by atoms with Crippen molar-refractivity contribution in [2.75, 3.05) is 0 Å². The van der Waals surface area contributed by atoms with E-state index in [1.54, 1.807) is 10.9 Å². The first-order chi connectivity index (χ1) is 10.0. The van der Waals surface area contributed by atoms with Gasteiger partial charge in [-0.05, 0) is 19.9 Å². The molecule has 108 valence electrons. The van der Waals surface area contributed by atoms with Gasteiger partial charge in [-0.3, -0.25) is 9.20 Å². The summed E-state index contributed by atoms with van der Waals surface area (Å²) in [5.41, 5.74) is 3.20. The largest absolute Gasteiger partial charge is 0.481 e. The Labute approximate surface area is 120 Å². The highest BCUT2D eigenvalue weighted by atomic mass is 16.4. The van der Waals surface area contributed by atoms with Crippen molar-refractivity contribution in [3.8, 4) is 0 Å². The van der Waals surface area contributed by atoms with Crippen molar-refractivity contribution < 1.29 is 9.90 Å². The molecule has 0 bridgehead atoms. The lowest BCUT2D eigenvalue weighted by Gasteiger charge is -1.98. The van der Waals surface area contributed by atoms with Gasteiger partial charge < -0.3 is 5.11 Å². The van der Waals surface area contributed by atoms with Crippen LogP contribution in [0.15, 0.2) is 18.5 Å². The van der Waals surface area contributed by atoms with E-state index in [9.17, 15) is 4.79 Å². The Morgan fingerprint density at radius 1 is 1.24 bits per heavy atom. The summed E-state index contributed by atoms with van der Waals surface area (Å²) >= 11 is 0. The number of aromatic nitrogens is 6. The Bertz CT molecular complexity index is 819. The van der Waals surface area contributed by atoms with Crippen LogP contribution in [-0.4, -0.2) is 40.4 Å². The van der Waals surface area contributed by atoms with Crippen LogP contribution in [0.25, 0.3) is 5.78 Å². The van der Waals surface area contributed by atoms with Crippen LogP contribution in [0.4, 0.5) is 0 Å². The molecule has 0 aliphatic carbocycles. The fourth-order valence-corrected chi connectivity index (χ4v) is 2.21. The monoisotopic (exact) mass is 286 g/mol. The maximum Gasteiger partial charge on any atom is 0.309 e. The Morgan fingerprint density at radius 2 is 2.05 bits per heavy atom. The second kappa shape index (κ2) is 4.97. The molecule has 3 aromatic heterocycles. The van der Waals surface area contributed by atoms with Crippen molar-refractivity contribution in [1.82, 2.24) is 29.4 Å². The lowest BCUT2D eigenvalue weighted by molar-refractivity contribution is -0.136. The van der Waals surface area contributed by atoms with E-state index in [0.29, 0.717) is 18.0 Å². The number of fused-ring (bicyclic) bond motifs is 1. The van der Waals surface area contributed by atoms with Crippen molar-refractivity contribution in [3.05, 3.63) is 41.2 Å². The average Bonchev–Trinajstić information content (AvgIpc) is 2.96. The molecular formula is C13H14N6O2. The van der Waals surface area contributed by atoms with Gasteiger partial charge in [0, 0.05) is 23.8 Å². The molecule has 1 N–H and O–H groups in total. The Kier molecular flexibility index (Phi) is 3.13. The number of rotatable bonds is 4. The summed E-state index contributed by atoms with van der Waals surface area (Å²) in [5.74, 6) is -0.279. The fraction of sp³-hybridized carbons (Fsp3) is 0.308. The summed E-state index contributed by atoms with van der Waals surface area (Å²) in [6.07, 6.45) is 3.38. The maximum atomic E-state index is 10.6. The number of nitrogens with zero attached hydrogens (tertiary/aromatic N) is 6. The molecule has 0 amide bonds. The molecule has 0 aliphatic heterocycles. The van der Waals surface area contributed by atoms with Gasteiger partial charge >= 0.3 is 5.97 Å². The minimum Gasteiger partial charge on any atom is -0.481 e. The summed E-state index contributed by atoms with van der Waals surface area (Å²) in [6, 6.07) is 1.99. The molecule has 0 saturated carbocycles. The van der Waals surface area contributed by atoms with Crippen molar-refractivity contribution >= 4 is 11.7 Å². The number of imidazole rings is 1. The van der Waals surface area contributed by atoms with Gasteiger partial charge in [0.1, 0.15) is 0 Å². The van der Waals surface area contributed by atoms with E-state index in [-0.39, 0.29) is 6.42 Å². The molecule has 0 radical (unpaired) electrons. The molecule has 8 heteroatoms. The van der Waals surface area contributed by atoms with Crippen molar-refractivity contribution in [3.63, 3.8) is 0 Å². The van der Waals surface area contributed by atoms with Crippen molar-refractivity contribution in [2.24, 2.45) is 0 Å². The number of hydrogen-bond donors (Lipinski definition) is 1. The minimum absolute atomic E-state index is 0.134. The standard InChI is InChI=1S/C13H14N6O2/c1-8-3-9(2)19-7-11(15-13(19)14-8)6-18-5-10(16-17-18)4-12(20)21/h3,5,7H,4,6H2,1-2H3,(H,20,21). The van der Waals surface area contributed by atoms with Gasteiger partial charge in [0.15, 0.2) is 0 Å². The van der Waals surface area contributed by atoms with E-state index >= 15 is 0 Å². The number of hydrogen-bond acceptors (Lipinski definition) is 5. The molecule has 3 aromatic rings. The van der Waals surface area contributed by atoms with Gasteiger partial charge in [0.25, 0.3) is 0 Å². The Balaban J connectivity index is 1.86. The van der Waals surface area contributed by atoms with Crippen LogP contribution in [0.5, 0.6) is 0 Å². The SMILES string of the molecule is Cc1cc(C)n2cc(Cn3cc(CC(=O)O)nn3)nc2n1. The predicted octanol–water partition coefficient (Wildman–Crippen LogP) is 0.613. The van der Waals surface area contributed by atoms with Crippen molar-refractivity contribution in [1.29, 1.82) is 0 Å². The molecule has 0 aromatic carbocycles. The molecule has 0 fully saturated rings. The lowest BCUT2D eigenvalue weighted by atomic mass is 10.3. The number of aliphatic carboxylic acids is 1. The van der Waals surface area contributed by atoms with E-state index in [4.69, 9.17) is 5.11 Å². The van der Waals surface area contributed by atoms with Crippen LogP contribution in [0.1, 0.15) is 22.8 Å². The third-order valence-corrected chi connectivity index (χ3v) is 3.05. The van der Waals surface area contributed by atoms with E-state index in [1.807, 2.05) is 30.5 Å². The predicted molar refractivity (Wildman–Crippen MR) is 72.9 cm³/mol. The lowest BCUT2D eigenvalue weighted by Crippen LogP contribution is -2.01. The maximum absolute atomic E-state index is 10.6. The van der Waals surface area contributed by atoms with Gasteiger partial charge in [-0.1, -0.05) is 5.21 Å². The summed E-state index contributed by atoms with van der Waals surface area (Å²) in [6.45, 7) is 4.35. The summed E-state index contributed by atoms with van der Waals surface area (Å²) in [5, 5.41) is 16.4. The van der Waals surface area contributed by atoms with E-state index in [1.165, 1.54) is 0 Å². The van der Waals surface area contributed by atoms with Crippen LogP contribution in [0.2, 0.25) is 0 Å². The fourth-order valence-electron chi connectivity index (χ4n) is 2.21. The number of carbonyl (C=O) groups is 1. The highest BCUT2D eigenvalue weighted by Gasteiger charge is 2.09. The topological polar surface area (TPSA) is 98.2 Å². The first kappa shape index (κ1) is 13.2. The first-order valence-electron chi connectivity index (χ1n) is 6.44. The zero-order valence-corrected chi connectivity index (χ0v) is 11.7. The third-order valence-electron chi connectivity index (χ3n) is 3.05. The Hall–Kier alpha value is -2.77. The van der Waals surface area contributed by atoms with Crippen molar-refractivity contribution in [2.45, 2.75) is 26.8 Å². The minimum atomic E-state index is -0.926. The molecule has 21 heavy (non-hydrogen) atoms. The number of carboxylic acids is 1. The summed E-state index contributed by atoms with van der Waals surface area (Å²) in [7, 11) is 0. The van der Waals surface area contributed by atoms with Gasteiger partial charge in [-0.15, -0.1) is 5.10 Å². The van der Waals surface area contributed by atoms with Gasteiger partial charge in [0.05, 0.1) is 24.4 Å². The average molecular weight is 286 g/mol. The molecule has 0 atom stereocenters. The molecule has 0 spiro atoms. The second-order valence-corrected chi connectivity index (χ2v) is 4.92. The Morgan fingerprint density at radius 3 is 2.81 bits per heavy atom. The van der Waals surface area contributed by atoms with Crippen LogP contribution < -0.4 is 0 Å². The quantitative estimate of drug-likeness (QED) is 0.754. The zero-order chi connectivity index (χ0) is 15.0. The molecular weight excluding hydrogens is 272 g/mol. The molecule has 3 rings (SSSR count). The summed E-state index contributed by atoms with van der Waals surface area (Å²) < 4.78 is 3.49.